The molecule has 14 heavy (non-hydrogen) atoms. The van der Waals surface area contributed by atoms with E-state index in [4.69, 9.17) is 5.11 Å². The van der Waals surface area contributed by atoms with Crippen molar-refractivity contribution in [3.05, 3.63) is 0 Å². The summed E-state index contributed by atoms with van der Waals surface area (Å²) in [6.07, 6.45) is 2.68. The fourth-order valence-electron chi connectivity index (χ4n) is 1.92. The fourth-order valence-corrected chi connectivity index (χ4v) is 1.92. The molecule has 0 saturated heterocycles. The van der Waals surface area contributed by atoms with E-state index in [-0.39, 0.29) is 11.8 Å². The molecule has 2 aliphatic rings. The van der Waals surface area contributed by atoms with Crippen molar-refractivity contribution in [3.63, 3.8) is 0 Å². The summed E-state index contributed by atoms with van der Waals surface area (Å²) in [5.41, 5.74) is 0. The molecule has 0 spiro atoms. The zero-order valence-corrected chi connectivity index (χ0v) is 8.19. The first-order valence-electron chi connectivity index (χ1n) is 5.16. The minimum absolute atomic E-state index is 0.0571. The van der Waals surface area contributed by atoms with Crippen molar-refractivity contribution in [1.82, 2.24) is 5.32 Å². The number of carboxylic acid groups (broad SMARTS) is 1. The quantitative estimate of drug-likeness (QED) is 0.694. The van der Waals surface area contributed by atoms with Gasteiger partial charge in [-0.05, 0) is 18.8 Å². The monoisotopic (exact) mass is 197 g/mol. The SMILES string of the molecule is CCC1CC1NC(=O)C1CC1C(=O)O. The highest BCUT2D eigenvalue weighted by Gasteiger charge is 2.50. The molecule has 0 aliphatic heterocycles. The molecule has 2 N–H and O–H groups in total. The van der Waals surface area contributed by atoms with Gasteiger partial charge in [-0.25, -0.2) is 0 Å². The highest BCUT2D eigenvalue weighted by molar-refractivity contribution is 5.89. The lowest BCUT2D eigenvalue weighted by atomic mass is 10.3. The Labute approximate surface area is 82.7 Å². The maximum Gasteiger partial charge on any atom is 0.307 e. The lowest BCUT2D eigenvalue weighted by molar-refractivity contribution is -0.140. The first kappa shape index (κ1) is 9.49. The Morgan fingerprint density at radius 1 is 1.36 bits per heavy atom. The van der Waals surface area contributed by atoms with Gasteiger partial charge in [0.1, 0.15) is 0 Å². The maximum atomic E-state index is 11.5. The molecule has 0 aromatic heterocycles. The third-order valence-corrected chi connectivity index (χ3v) is 3.22. The zero-order valence-electron chi connectivity index (χ0n) is 8.19. The Balaban J connectivity index is 1.73. The Kier molecular flexibility index (Phi) is 2.21. The first-order chi connectivity index (χ1) is 6.63. The molecule has 2 aliphatic carbocycles. The van der Waals surface area contributed by atoms with Gasteiger partial charge in [-0.3, -0.25) is 9.59 Å². The Bertz CT molecular complexity index is 277. The molecule has 2 fully saturated rings. The van der Waals surface area contributed by atoms with Crippen molar-refractivity contribution in [1.29, 1.82) is 0 Å². The summed E-state index contributed by atoms with van der Waals surface area (Å²) in [4.78, 5) is 22.0. The predicted molar refractivity (Wildman–Crippen MR) is 49.6 cm³/mol. The number of hydrogen-bond acceptors (Lipinski definition) is 2. The number of nitrogens with one attached hydrogen (secondary N) is 1. The Morgan fingerprint density at radius 3 is 2.50 bits per heavy atom. The van der Waals surface area contributed by atoms with Gasteiger partial charge in [0.2, 0.25) is 5.91 Å². The van der Waals surface area contributed by atoms with Gasteiger partial charge in [-0.15, -0.1) is 0 Å². The van der Waals surface area contributed by atoms with Gasteiger partial charge >= 0.3 is 5.97 Å². The lowest BCUT2D eigenvalue weighted by Crippen LogP contribution is -2.29. The molecule has 0 bridgehead atoms. The second kappa shape index (κ2) is 3.26. The van der Waals surface area contributed by atoms with E-state index >= 15 is 0 Å². The van der Waals surface area contributed by atoms with Gasteiger partial charge < -0.3 is 10.4 Å². The van der Waals surface area contributed by atoms with Crippen LogP contribution in [0.5, 0.6) is 0 Å². The summed E-state index contributed by atoms with van der Waals surface area (Å²) >= 11 is 0. The molecule has 4 heteroatoms. The topological polar surface area (TPSA) is 66.4 Å². The van der Waals surface area contributed by atoms with Gasteiger partial charge in [-0.1, -0.05) is 13.3 Å². The van der Waals surface area contributed by atoms with E-state index < -0.39 is 11.9 Å². The van der Waals surface area contributed by atoms with Crippen molar-refractivity contribution < 1.29 is 14.7 Å². The average molecular weight is 197 g/mol. The van der Waals surface area contributed by atoms with Crippen LogP contribution in [0.3, 0.4) is 0 Å². The second-order valence-corrected chi connectivity index (χ2v) is 4.31. The summed E-state index contributed by atoms with van der Waals surface area (Å²) in [6, 6.07) is 0.322. The molecular weight excluding hydrogens is 182 g/mol. The fraction of sp³-hybridized carbons (Fsp3) is 0.800. The Hall–Kier alpha value is -1.06. The normalized spacial score (nSPS) is 38.9. The minimum Gasteiger partial charge on any atom is -0.481 e. The van der Waals surface area contributed by atoms with Crippen LogP contribution >= 0.6 is 0 Å². The molecular formula is C10H15NO3. The number of carbonyl (C=O) groups is 2. The van der Waals surface area contributed by atoms with E-state index in [0.29, 0.717) is 18.4 Å². The van der Waals surface area contributed by atoms with E-state index in [1.54, 1.807) is 0 Å². The number of amides is 1. The first-order valence-corrected chi connectivity index (χ1v) is 5.16. The third kappa shape index (κ3) is 1.74. The van der Waals surface area contributed by atoms with E-state index in [1.165, 1.54) is 0 Å². The second-order valence-electron chi connectivity index (χ2n) is 4.31. The van der Waals surface area contributed by atoms with Crippen LogP contribution < -0.4 is 5.32 Å². The van der Waals surface area contributed by atoms with Gasteiger partial charge in [0.15, 0.2) is 0 Å². The molecule has 2 rings (SSSR count). The van der Waals surface area contributed by atoms with Crippen molar-refractivity contribution in [3.8, 4) is 0 Å². The van der Waals surface area contributed by atoms with E-state index in [0.717, 1.165) is 12.8 Å². The van der Waals surface area contributed by atoms with Gasteiger partial charge in [0, 0.05) is 6.04 Å². The van der Waals surface area contributed by atoms with Crippen molar-refractivity contribution in [2.24, 2.45) is 17.8 Å². The zero-order chi connectivity index (χ0) is 10.3. The molecule has 78 valence electrons. The number of carboxylic acids is 1. The molecule has 0 aromatic rings. The highest BCUT2D eigenvalue weighted by atomic mass is 16.4. The van der Waals surface area contributed by atoms with E-state index in [2.05, 4.69) is 12.2 Å². The predicted octanol–water partition coefficient (Wildman–Crippen LogP) is 0.622. The molecule has 4 nitrogen and oxygen atoms in total. The lowest BCUT2D eigenvalue weighted by Gasteiger charge is -2.01. The van der Waals surface area contributed by atoms with Gasteiger partial charge in [0.25, 0.3) is 0 Å². The molecule has 2 saturated carbocycles. The minimum atomic E-state index is -0.840. The van der Waals surface area contributed by atoms with Gasteiger partial charge in [0.05, 0.1) is 11.8 Å². The van der Waals surface area contributed by atoms with Crippen LogP contribution in [0, 0.1) is 17.8 Å². The molecule has 0 aromatic carbocycles. The largest absolute Gasteiger partial charge is 0.481 e. The van der Waals surface area contributed by atoms with Crippen LogP contribution in [0.1, 0.15) is 26.2 Å². The highest BCUT2D eigenvalue weighted by Crippen LogP contribution is 2.40. The van der Waals surface area contributed by atoms with Crippen LogP contribution in [0.25, 0.3) is 0 Å². The molecule has 0 radical (unpaired) electrons. The molecule has 0 heterocycles. The van der Waals surface area contributed by atoms with Crippen LogP contribution in [0.4, 0.5) is 0 Å². The van der Waals surface area contributed by atoms with Crippen LogP contribution in [-0.2, 0) is 9.59 Å². The van der Waals surface area contributed by atoms with Crippen molar-refractivity contribution in [2.75, 3.05) is 0 Å². The molecule has 4 unspecified atom stereocenters. The van der Waals surface area contributed by atoms with E-state index in [1.807, 2.05) is 0 Å². The standard InChI is InChI=1S/C10H15NO3/c1-2-5-3-8(5)11-9(12)6-4-7(6)10(13)14/h5-8H,2-4H2,1H3,(H,11,12)(H,13,14). The summed E-state index contributed by atoms with van der Waals surface area (Å²) in [7, 11) is 0. The van der Waals surface area contributed by atoms with Crippen LogP contribution in [-0.4, -0.2) is 23.0 Å². The third-order valence-electron chi connectivity index (χ3n) is 3.22. The van der Waals surface area contributed by atoms with Crippen LogP contribution in [0.15, 0.2) is 0 Å². The summed E-state index contributed by atoms with van der Waals surface area (Å²) in [5.74, 6) is -0.952. The average Bonchev–Trinajstić information content (AvgIpc) is 2.99. The van der Waals surface area contributed by atoms with Crippen molar-refractivity contribution in [2.45, 2.75) is 32.2 Å². The summed E-state index contributed by atoms with van der Waals surface area (Å²) in [5, 5.41) is 11.5. The molecule has 1 amide bonds. The van der Waals surface area contributed by atoms with Gasteiger partial charge in [-0.2, -0.15) is 0 Å². The molecule has 4 atom stereocenters. The summed E-state index contributed by atoms with van der Waals surface area (Å²) < 4.78 is 0. The van der Waals surface area contributed by atoms with E-state index in [9.17, 15) is 9.59 Å². The number of aliphatic carboxylic acids is 1. The number of carbonyl (C=O) groups excluding carboxylic acids is 1. The smallest absolute Gasteiger partial charge is 0.307 e. The Morgan fingerprint density at radius 2 is 2.07 bits per heavy atom. The van der Waals surface area contributed by atoms with Crippen LogP contribution in [0.2, 0.25) is 0 Å². The number of rotatable bonds is 4. The van der Waals surface area contributed by atoms with Crippen molar-refractivity contribution >= 4 is 11.9 Å². The summed E-state index contributed by atoms with van der Waals surface area (Å²) in [6.45, 7) is 2.11. The number of hydrogen-bond donors (Lipinski definition) is 2. The maximum absolute atomic E-state index is 11.5.